The van der Waals surface area contributed by atoms with Gasteiger partial charge in [0, 0.05) is 17.3 Å². The maximum Gasteiger partial charge on any atom is 0.255 e. The van der Waals surface area contributed by atoms with Crippen molar-refractivity contribution in [3.8, 4) is 0 Å². The average Bonchev–Trinajstić information content (AvgIpc) is 3.38. The maximum absolute atomic E-state index is 14.0. The van der Waals surface area contributed by atoms with Crippen molar-refractivity contribution in [1.82, 2.24) is 4.72 Å². The number of benzene rings is 2. The van der Waals surface area contributed by atoms with Crippen molar-refractivity contribution in [3.05, 3.63) is 59.4 Å². The first-order chi connectivity index (χ1) is 12.3. The van der Waals surface area contributed by atoms with Crippen LogP contribution in [0.4, 0.5) is 10.1 Å². The lowest BCUT2D eigenvalue weighted by molar-refractivity contribution is 0.102. The van der Waals surface area contributed by atoms with E-state index in [4.69, 9.17) is 0 Å². The van der Waals surface area contributed by atoms with Crippen LogP contribution in [0.3, 0.4) is 0 Å². The Bertz CT molecular complexity index is 938. The lowest BCUT2D eigenvalue weighted by Gasteiger charge is -2.14. The molecule has 2 aromatic rings. The molecule has 7 heteroatoms. The van der Waals surface area contributed by atoms with Crippen molar-refractivity contribution in [1.29, 1.82) is 0 Å². The molecule has 5 nitrogen and oxygen atoms in total. The Kier molecular flexibility index (Phi) is 5.11. The van der Waals surface area contributed by atoms with E-state index >= 15 is 0 Å². The molecule has 0 radical (unpaired) electrons. The van der Waals surface area contributed by atoms with Crippen molar-refractivity contribution < 1.29 is 17.6 Å². The van der Waals surface area contributed by atoms with E-state index in [1.165, 1.54) is 6.07 Å². The standard InChI is InChI=1S/C19H21FN2O3S/c1-12(2)15-5-3-4-6-17(15)21-19(23)13-7-10-16(20)18(11-13)26(24,25)22-14-8-9-14/h3-7,10-12,14,22H,8-9H2,1-2H3,(H,21,23). The minimum Gasteiger partial charge on any atom is -0.322 e. The van der Waals surface area contributed by atoms with E-state index in [1.807, 2.05) is 32.0 Å². The number of carbonyl (C=O) groups excluding carboxylic acids is 1. The molecule has 2 aromatic carbocycles. The number of carbonyl (C=O) groups is 1. The number of hydrogen-bond acceptors (Lipinski definition) is 3. The van der Waals surface area contributed by atoms with E-state index in [1.54, 1.807) is 6.07 Å². The SMILES string of the molecule is CC(C)c1ccccc1NC(=O)c1ccc(F)c(S(=O)(=O)NC2CC2)c1. The summed E-state index contributed by atoms with van der Waals surface area (Å²) in [7, 11) is -3.98. The molecule has 0 bridgehead atoms. The van der Waals surface area contributed by atoms with E-state index in [0.29, 0.717) is 5.69 Å². The maximum atomic E-state index is 14.0. The van der Waals surface area contributed by atoms with Gasteiger partial charge in [-0.1, -0.05) is 32.0 Å². The highest BCUT2D eigenvalue weighted by Crippen LogP contribution is 2.26. The Balaban J connectivity index is 1.88. The highest BCUT2D eigenvalue weighted by atomic mass is 32.2. The molecule has 2 N–H and O–H groups in total. The number of anilines is 1. The van der Waals surface area contributed by atoms with Crippen molar-refractivity contribution in [2.45, 2.75) is 43.5 Å². The van der Waals surface area contributed by atoms with Crippen LogP contribution < -0.4 is 10.0 Å². The van der Waals surface area contributed by atoms with Gasteiger partial charge in [-0.25, -0.2) is 17.5 Å². The fraction of sp³-hybridized carbons (Fsp3) is 0.316. The van der Waals surface area contributed by atoms with Crippen LogP contribution in [0, 0.1) is 5.82 Å². The van der Waals surface area contributed by atoms with Crippen molar-refractivity contribution in [2.75, 3.05) is 5.32 Å². The Hall–Kier alpha value is -2.25. The number of sulfonamides is 1. The zero-order valence-corrected chi connectivity index (χ0v) is 15.4. The van der Waals surface area contributed by atoms with Crippen LogP contribution in [0.25, 0.3) is 0 Å². The molecule has 0 aromatic heterocycles. The van der Waals surface area contributed by atoms with Gasteiger partial charge in [0.1, 0.15) is 10.7 Å². The molecule has 0 aliphatic heterocycles. The summed E-state index contributed by atoms with van der Waals surface area (Å²) >= 11 is 0. The quantitative estimate of drug-likeness (QED) is 0.808. The minimum atomic E-state index is -3.98. The van der Waals surface area contributed by atoms with E-state index in [-0.39, 0.29) is 17.5 Å². The van der Waals surface area contributed by atoms with Gasteiger partial charge in [-0.05, 0) is 48.6 Å². The molecule has 0 unspecified atom stereocenters. The first-order valence-electron chi connectivity index (χ1n) is 8.50. The van der Waals surface area contributed by atoms with E-state index < -0.39 is 26.6 Å². The van der Waals surface area contributed by atoms with Crippen LogP contribution in [0.15, 0.2) is 47.4 Å². The van der Waals surface area contributed by atoms with Crippen LogP contribution in [-0.2, 0) is 10.0 Å². The molecule has 1 saturated carbocycles. The predicted molar refractivity (Wildman–Crippen MR) is 98.2 cm³/mol. The lowest BCUT2D eigenvalue weighted by atomic mass is 10.0. The lowest BCUT2D eigenvalue weighted by Crippen LogP contribution is -2.27. The molecule has 1 fully saturated rings. The van der Waals surface area contributed by atoms with E-state index in [2.05, 4.69) is 10.0 Å². The van der Waals surface area contributed by atoms with Crippen LogP contribution in [0.1, 0.15) is 48.5 Å². The second-order valence-corrected chi connectivity index (χ2v) is 8.42. The van der Waals surface area contributed by atoms with Gasteiger partial charge in [-0.15, -0.1) is 0 Å². The molecule has 3 rings (SSSR count). The third kappa shape index (κ3) is 4.11. The number of amides is 1. The summed E-state index contributed by atoms with van der Waals surface area (Å²) in [6.45, 7) is 4.02. The zero-order chi connectivity index (χ0) is 18.9. The Morgan fingerprint density at radius 3 is 2.50 bits per heavy atom. The molecule has 0 heterocycles. The summed E-state index contributed by atoms with van der Waals surface area (Å²) in [4.78, 5) is 12.1. The van der Waals surface area contributed by atoms with Crippen LogP contribution in [0.5, 0.6) is 0 Å². The first kappa shape index (κ1) is 18.5. The topological polar surface area (TPSA) is 75.3 Å². The fourth-order valence-corrected chi connectivity index (χ4v) is 4.05. The summed E-state index contributed by atoms with van der Waals surface area (Å²) in [5.41, 5.74) is 1.70. The van der Waals surface area contributed by atoms with Gasteiger partial charge < -0.3 is 5.32 Å². The Labute approximate surface area is 152 Å². The molecule has 1 aliphatic carbocycles. The molecule has 1 aliphatic rings. The van der Waals surface area contributed by atoms with Crippen LogP contribution >= 0.6 is 0 Å². The van der Waals surface area contributed by atoms with Crippen LogP contribution in [0.2, 0.25) is 0 Å². The van der Waals surface area contributed by atoms with Gasteiger partial charge in [0.15, 0.2) is 0 Å². The monoisotopic (exact) mass is 376 g/mol. The third-order valence-electron chi connectivity index (χ3n) is 4.21. The summed E-state index contributed by atoms with van der Waals surface area (Å²) in [5, 5.41) is 2.78. The molecule has 0 saturated heterocycles. The van der Waals surface area contributed by atoms with Crippen molar-refractivity contribution in [3.63, 3.8) is 0 Å². The second kappa shape index (κ2) is 7.17. The molecule has 0 spiro atoms. The predicted octanol–water partition coefficient (Wildman–Crippen LogP) is 3.64. The Morgan fingerprint density at radius 1 is 1.15 bits per heavy atom. The zero-order valence-electron chi connectivity index (χ0n) is 14.6. The molecule has 26 heavy (non-hydrogen) atoms. The average molecular weight is 376 g/mol. The van der Waals surface area contributed by atoms with Gasteiger partial charge >= 0.3 is 0 Å². The summed E-state index contributed by atoms with van der Waals surface area (Å²) in [6.07, 6.45) is 1.49. The molecule has 138 valence electrons. The number of rotatable bonds is 6. The van der Waals surface area contributed by atoms with Gasteiger partial charge in [0.2, 0.25) is 10.0 Å². The number of hydrogen-bond donors (Lipinski definition) is 2. The van der Waals surface area contributed by atoms with Crippen LogP contribution in [-0.4, -0.2) is 20.4 Å². The molecular formula is C19H21FN2O3S. The van der Waals surface area contributed by atoms with Gasteiger partial charge in [0.25, 0.3) is 5.91 Å². The highest BCUT2D eigenvalue weighted by Gasteiger charge is 2.30. The molecule has 0 atom stereocenters. The van der Waals surface area contributed by atoms with Gasteiger partial charge in [0.05, 0.1) is 0 Å². The first-order valence-corrected chi connectivity index (χ1v) is 9.98. The number of halogens is 1. The smallest absolute Gasteiger partial charge is 0.255 e. The third-order valence-corrected chi connectivity index (χ3v) is 5.75. The Morgan fingerprint density at radius 2 is 1.85 bits per heavy atom. The minimum absolute atomic E-state index is 0.0844. The number of para-hydroxylation sites is 1. The molecular weight excluding hydrogens is 355 g/mol. The van der Waals surface area contributed by atoms with Gasteiger partial charge in [-0.2, -0.15) is 0 Å². The second-order valence-electron chi connectivity index (χ2n) is 6.74. The van der Waals surface area contributed by atoms with E-state index in [9.17, 15) is 17.6 Å². The largest absolute Gasteiger partial charge is 0.322 e. The normalized spacial score (nSPS) is 14.5. The van der Waals surface area contributed by atoms with Gasteiger partial charge in [-0.3, -0.25) is 4.79 Å². The van der Waals surface area contributed by atoms with Crippen molar-refractivity contribution in [2.24, 2.45) is 0 Å². The fourth-order valence-electron chi connectivity index (χ4n) is 2.64. The summed E-state index contributed by atoms with van der Waals surface area (Å²) < 4.78 is 41.1. The van der Waals surface area contributed by atoms with Crippen molar-refractivity contribution >= 4 is 21.6 Å². The summed E-state index contributed by atoms with van der Waals surface area (Å²) in [6, 6.07) is 10.6. The highest BCUT2D eigenvalue weighted by molar-refractivity contribution is 7.89. The van der Waals surface area contributed by atoms with E-state index in [0.717, 1.165) is 30.5 Å². The summed E-state index contributed by atoms with van der Waals surface area (Å²) in [5.74, 6) is -1.16. The molecule has 1 amide bonds. The number of nitrogens with one attached hydrogen (secondary N) is 2.